The second kappa shape index (κ2) is 18.4. The van der Waals surface area contributed by atoms with Crippen molar-refractivity contribution >= 4 is 41.7 Å². The fraction of sp³-hybridized carbons (Fsp3) is 0.574. The van der Waals surface area contributed by atoms with Gasteiger partial charge >= 0.3 is 12.1 Å². The second-order valence-corrected chi connectivity index (χ2v) is 24.6. The maximum Gasteiger partial charge on any atom is 0.429 e. The zero-order valence-corrected chi connectivity index (χ0v) is 39.2. The van der Waals surface area contributed by atoms with Gasteiger partial charge in [-0.2, -0.15) is 9.97 Å². The molecule has 1 aliphatic heterocycles. The Balaban J connectivity index is 1.61. The van der Waals surface area contributed by atoms with E-state index in [1.54, 1.807) is 23.2 Å². The van der Waals surface area contributed by atoms with Gasteiger partial charge < -0.3 is 23.8 Å². The number of methoxy groups -OCH3 is 1. The number of ether oxygens (including phenoxy) is 4. The summed E-state index contributed by atoms with van der Waals surface area (Å²) in [5, 5.41) is 4.58. The molecule has 1 aliphatic carbocycles. The number of carbonyl (C=O) groups is 1. The van der Waals surface area contributed by atoms with E-state index in [2.05, 4.69) is 57.9 Å². The third kappa shape index (κ3) is 9.89. The second-order valence-electron chi connectivity index (χ2n) is 19.0. The molecule has 3 heterocycles. The highest BCUT2D eigenvalue weighted by molar-refractivity contribution is 6.90. The first-order valence-electron chi connectivity index (χ1n) is 21.6. The van der Waals surface area contributed by atoms with Crippen molar-refractivity contribution < 1.29 is 32.5 Å². The van der Waals surface area contributed by atoms with Crippen LogP contribution in [0.5, 0.6) is 11.8 Å². The van der Waals surface area contributed by atoms with Crippen LogP contribution in [0.2, 0.25) is 16.6 Å². The monoisotopic (exact) mass is 858 g/mol. The Bertz CT molecular complexity index is 2280. The number of halogens is 2. The van der Waals surface area contributed by atoms with Crippen LogP contribution in [0.25, 0.3) is 32.9 Å². The third-order valence-corrected chi connectivity index (χ3v) is 18.3. The fourth-order valence-corrected chi connectivity index (χ4v) is 14.3. The van der Waals surface area contributed by atoms with Crippen LogP contribution in [0, 0.1) is 28.5 Å². The summed E-state index contributed by atoms with van der Waals surface area (Å²) in [5.41, 5.74) is 4.11. The molecule has 0 N–H and O–H groups in total. The first-order valence-corrected chi connectivity index (χ1v) is 23.9. The number of benzene rings is 2. The van der Waals surface area contributed by atoms with E-state index in [9.17, 15) is 4.79 Å². The van der Waals surface area contributed by atoms with Crippen LogP contribution in [0.3, 0.4) is 0 Å². The van der Waals surface area contributed by atoms with E-state index >= 15 is 8.78 Å². The molecule has 1 saturated carbocycles. The van der Waals surface area contributed by atoms with Gasteiger partial charge in [0.2, 0.25) is 0 Å². The molecule has 2 fully saturated rings. The minimum atomic E-state index is -2.31. The van der Waals surface area contributed by atoms with Crippen molar-refractivity contribution in [1.29, 1.82) is 0 Å². The topological polar surface area (TPSA) is 102 Å². The zero-order chi connectivity index (χ0) is 44.4. The molecule has 2 aliphatic rings. The largest absolute Gasteiger partial charge is 0.468 e. The van der Waals surface area contributed by atoms with Crippen LogP contribution in [0.4, 0.5) is 19.4 Å². The van der Waals surface area contributed by atoms with Gasteiger partial charge in [-0.3, -0.25) is 9.99 Å². The van der Waals surface area contributed by atoms with Gasteiger partial charge in [0, 0.05) is 49.3 Å². The Kier molecular flexibility index (Phi) is 13.9. The van der Waals surface area contributed by atoms with Gasteiger partial charge in [-0.25, -0.2) is 18.6 Å². The maximum absolute atomic E-state index is 17.8. The lowest BCUT2D eigenvalue weighted by Crippen LogP contribution is -2.49. The molecule has 0 atom stereocenters. The number of carbonyl (C=O) groups excluding carboxylic acids is 1. The summed E-state index contributed by atoms with van der Waals surface area (Å²) in [7, 11) is 3.25. The van der Waals surface area contributed by atoms with Crippen molar-refractivity contribution in [2.75, 3.05) is 59.2 Å². The van der Waals surface area contributed by atoms with E-state index in [1.807, 2.05) is 34.9 Å². The summed E-state index contributed by atoms with van der Waals surface area (Å²) >= 11 is 0. The summed E-state index contributed by atoms with van der Waals surface area (Å²) in [5.74, 6) is 2.72. The van der Waals surface area contributed by atoms with Crippen LogP contribution >= 0.6 is 0 Å². The Morgan fingerprint density at radius 1 is 0.967 bits per heavy atom. The molecule has 1 saturated heterocycles. The van der Waals surface area contributed by atoms with E-state index < -0.39 is 31.4 Å². The minimum Gasteiger partial charge on any atom is -0.468 e. The number of hydrogen-bond donors (Lipinski definition) is 0. The molecular weight excluding hydrogens is 795 g/mol. The van der Waals surface area contributed by atoms with Gasteiger partial charge in [0.15, 0.2) is 18.4 Å². The van der Waals surface area contributed by atoms with Crippen LogP contribution in [-0.4, -0.2) is 98.9 Å². The molecule has 2 aromatic heterocycles. The highest BCUT2D eigenvalue weighted by Crippen LogP contribution is 2.47. The van der Waals surface area contributed by atoms with Crippen molar-refractivity contribution in [1.82, 2.24) is 24.9 Å². The molecule has 0 unspecified atom stereocenters. The standard InChI is InChI=1S/C47H64F2N6O5Si/c1-30(2)61(31(3)4,32(5)6)23-18-35-38(48)17-16-33-24-34(59-29-57-12)25-36(39(33)35)41-40(49)42-37(26-50-41)43(52-44(51-42)58-28-47(19-20-47)27-53(10)11)54-21-14-13-15-22-55(54)45(56)60-46(7,8)9/h16-17,24-26,30-32H,13-15,19-22,27-29H2,1-12H3. The minimum absolute atomic E-state index is 0.0195. The van der Waals surface area contributed by atoms with Crippen LogP contribution < -0.4 is 14.5 Å². The fourth-order valence-electron chi connectivity index (χ4n) is 9.09. The van der Waals surface area contributed by atoms with Gasteiger partial charge in [0.25, 0.3) is 0 Å². The smallest absolute Gasteiger partial charge is 0.429 e. The van der Waals surface area contributed by atoms with Crippen molar-refractivity contribution in [3.05, 3.63) is 47.7 Å². The lowest BCUT2D eigenvalue weighted by Gasteiger charge is -2.38. The Hall–Kier alpha value is -4.58. The first-order chi connectivity index (χ1) is 28.8. The lowest BCUT2D eigenvalue weighted by molar-refractivity contribution is 0.0232. The number of hydrogen-bond acceptors (Lipinski definition) is 10. The molecule has 14 heteroatoms. The van der Waals surface area contributed by atoms with E-state index in [-0.39, 0.29) is 51.8 Å². The molecule has 61 heavy (non-hydrogen) atoms. The number of amides is 1. The van der Waals surface area contributed by atoms with Crippen LogP contribution in [-0.2, 0) is 9.47 Å². The average molecular weight is 859 g/mol. The molecule has 4 aromatic rings. The average Bonchev–Trinajstić information content (AvgIpc) is 3.98. The van der Waals surface area contributed by atoms with Crippen LogP contribution in [0.15, 0.2) is 30.5 Å². The van der Waals surface area contributed by atoms with Gasteiger partial charge in [0.1, 0.15) is 36.5 Å². The van der Waals surface area contributed by atoms with E-state index in [0.29, 0.717) is 52.8 Å². The highest BCUT2D eigenvalue weighted by atomic mass is 28.3. The summed E-state index contributed by atoms with van der Waals surface area (Å²) < 4.78 is 57.5. The Morgan fingerprint density at radius 2 is 1.66 bits per heavy atom. The third-order valence-electron chi connectivity index (χ3n) is 12.0. The quantitative estimate of drug-likeness (QED) is 0.0734. The number of rotatable bonds is 13. The van der Waals surface area contributed by atoms with E-state index in [0.717, 1.165) is 38.6 Å². The number of fused-ring (bicyclic) bond motifs is 2. The number of pyridine rings is 1. The number of anilines is 1. The molecule has 1 amide bonds. The van der Waals surface area contributed by atoms with Gasteiger partial charge in [-0.05, 0) is 107 Å². The maximum atomic E-state index is 17.8. The summed E-state index contributed by atoms with van der Waals surface area (Å²) in [6, 6.07) is 6.45. The summed E-state index contributed by atoms with van der Waals surface area (Å²) in [6.45, 7) is 20.6. The normalized spacial score (nSPS) is 15.8. The van der Waals surface area contributed by atoms with Crippen molar-refractivity contribution in [2.24, 2.45) is 5.41 Å². The molecule has 2 aromatic carbocycles. The SMILES string of the molecule is COCOc1cc(-c2ncc3c(N4CCCCCN4C(=O)OC(C)(C)C)nc(OCC4(CN(C)C)CC4)nc3c2F)c2c(C#C[Si](C(C)C)(C(C)C)C(C)C)c(F)ccc2c1. The number of hydrazine groups is 1. The molecule has 0 radical (unpaired) electrons. The van der Waals surface area contributed by atoms with E-state index in [4.69, 9.17) is 33.9 Å². The van der Waals surface area contributed by atoms with Gasteiger partial charge in [-0.1, -0.05) is 53.5 Å². The van der Waals surface area contributed by atoms with Crippen molar-refractivity contribution in [2.45, 2.75) is 117 Å². The summed E-state index contributed by atoms with van der Waals surface area (Å²) in [4.78, 5) is 30.3. The molecule has 0 bridgehead atoms. The molecule has 6 rings (SSSR count). The molecule has 0 spiro atoms. The Labute approximate surface area is 361 Å². The van der Waals surface area contributed by atoms with Crippen LogP contribution in [0.1, 0.15) is 100.0 Å². The van der Waals surface area contributed by atoms with Crippen molar-refractivity contribution in [3.8, 4) is 34.5 Å². The number of aromatic nitrogens is 3. The highest BCUT2D eigenvalue weighted by Gasteiger charge is 2.44. The van der Waals surface area contributed by atoms with Crippen molar-refractivity contribution in [3.63, 3.8) is 0 Å². The van der Waals surface area contributed by atoms with E-state index in [1.165, 1.54) is 24.4 Å². The van der Waals surface area contributed by atoms with Gasteiger partial charge in [-0.15, -0.1) is 5.54 Å². The molecule has 11 nitrogen and oxygen atoms in total. The number of nitrogens with zero attached hydrogens (tertiary/aromatic N) is 6. The predicted octanol–water partition coefficient (Wildman–Crippen LogP) is 10.5. The molecular formula is C47H64F2N6O5Si. The van der Waals surface area contributed by atoms with Gasteiger partial charge in [0.05, 0.1) is 17.6 Å². The lowest BCUT2D eigenvalue weighted by atomic mass is 9.95. The molecule has 330 valence electrons. The summed E-state index contributed by atoms with van der Waals surface area (Å²) in [6.07, 6.45) is 5.33. The Morgan fingerprint density at radius 3 is 2.28 bits per heavy atom. The first kappa shape index (κ1) is 45.9. The zero-order valence-electron chi connectivity index (χ0n) is 38.2. The predicted molar refractivity (Wildman–Crippen MR) is 240 cm³/mol.